The standard InChI is InChI=1S/C23H32N4O9/c1-12(2)19(27-20(32)14(24)10-13-6-4-3-5-7-13)22(34)25-15(8-9-17(28)29)21(33)26-16(23(35)36)11-18(30)31/h3-7,12,14-16,19H,8-11,24H2,1-2H3,(H,25,34)(H,26,33)(H,27,32)(H,28,29)(H,30,31)(H,35,36). The predicted molar refractivity (Wildman–Crippen MR) is 126 cm³/mol. The van der Waals surface area contributed by atoms with Gasteiger partial charge in [-0.3, -0.25) is 24.0 Å². The number of nitrogens with two attached hydrogens (primary N) is 1. The zero-order valence-electron chi connectivity index (χ0n) is 20.0. The number of carboxylic acids is 3. The highest BCUT2D eigenvalue weighted by Gasteiger charge is 2.32. The Morgan fingerprint density at radius 3 is 1.89 bits per heavy atom. The minimum Gasteiger partial charge on any atom is -0.481 e. The Morgan fingerprint density at radius 2 is 1.39 bits per heavy atom. The van der Waals surface area contributed by atoms with Crippen molar-refractivity contribution >= 4 is 35.6 Å². The fourth-order valence-corrected chi connectivity index (χ4v) is 3.20. The molecule has 0 aliphatic heterocycles. The summed E-state index contributed by atoms with van der Waals surface area (Å²) in [5.41, 5.74) is 6.79. The van der Waals surface area contributed by atoms with Crippen LogP contribution in [0, 0.1) is 5.92 Å². The molecule has 13 nitrogen and oxygen atoms in total. The molecule has 1 aromatic rings. The molecular weight excluding hydrogens is 476 g/mol. The van der Waals surface area contributed by atoms with Crippen LogP contribution in [0.1, 0.15) is 38.7 Å². The van der Waals surface area contributed by atoms with Crippen LogP contribution in [0.2, 0.25) is 0 Å². The molecule has 4 atom stereocenters. The number of nitrogens with one attached hydrogen (secondary N) is 3. The first kappa shape index (κ1) is 30.0. The van der Waals surface area contributed by atoms with E-state index in [0.29, 0.717) is 0 Å². The summed E-state index contributed by atoms with van der Waals surface area (Å²) in [5, 5.41) is 33.8. The number of rotatable bonds is 15. The van der Waals surface area contributed by atoms with Crippen molar-refractivity contribution in [1.29, 1.82) is 0 Å². The van der Waals surface area contributed by atoms with E-state index in [1.54, 1.807) is 38.1 Å². The SMILES string of the molecule is CC(C)C(NC(=O)C(N)Cc1ccccc1)C(=O)NC(CCC(=O)O)C(=O)NC(CC(=O)O)C(=O)O. The van der Waals surface area contributed by atoms with E-state index in [0.717, 1.165) is 5.56 Å². The maximum atomic E-state index is 13.0. The molecule has 4 unspecified atom stereocenters. The van der Waals surface area contributed by atoms with Crippen LogP contribution in [0.4, 0.5) is 0 Å². The van der Waals surface area contributed by atoms with Crippen LogP contribution < -0.4 is 21.7 Å². The van der Waals surface area contributed by atoms with Gasteiger partial charge in [0.25, 0.3) is 0 Å². The van der Waals surface area contributed by atoms with E-state index in [4.69, 9.17) is 21.1 Å². The van der Waals surface area contributed by atoms with Gasteiger partial charge in [-0.1, -0.05) is 44.2 Å². The maximum absolute atomic E-state index is 13.0. The quantitative estimate of drug-likeness (QED) is 0.154. The van der Waals surface area contributed by atoms with Gasteiger partial charge in [-0.25, -0.2) is 4.79 Å². The molecule has 0 aliphatic rings. The number of carboxylic acid groups (broad SMARTS) is 3. The van der Waals surface area contributed by atoms with Crippen molar-refractivity contribution in [3.05, 3.63) is 35.9 Å². The van der Waals surface area contributed by atoms with Gasteiger partial charge in [0, 0.05) is 6.42 Å². The van der Waals surface area contributed by atoms with Gasteiger partial charge in [-0.05, 0) is 24.3 Å². The Labute approximate surface area is 207 Å². The van der Waals surface area contributed by atoms with Gasteiger partial charge < -0.3 is 37.0 Å². The summed E-state index contributed by atoms with van der Waals surface area (Å²) < 4.78 is 0. The first-order valence-corrected chi connectivity index (χ1v) is 11.2. The van der Waals surface area contributed by atoms with Gasteiger partial charge in [0.1, 0.15) is 18.1 Å². The van der Waals surface area contributed by atoms with Gasteiger partial charge in [-0.15, -0.1) is 0 Å². The zero-order chi connectivity index (χ0) is 27.4. The third kappa shape index (κ3) is 10.5. The summed E-state index contributed by atoms with van der Waals surface area (Å²) >= 11 is 0. The predicted octanol–water partition coefficient (Wildman–Crippen LogP) is -0.909. The molecule has 3 amide bonds. The van der Waals surface area contributed by atoms with Crippen molar-refractivity contribution < 1.29 is 44.1 Å². The van der Waals surface area contributed by atoms with Crippen LogP contribution >= 0.6 is 0 Å². The Hall–Kier alpha value is -4.00. The van der Waals surface area contributed by atoms with Crippen molar-refractivity contribution in [2.24, 2.45) is 11.7 Å². The first-order valence-electron chi connectivity index (χ1n) is 11.2. The molecule has 0 aromatic heterocycles. The van der Waals surface area contributed by atoms with Crippen LogP contribution in [0.3, 0.4) is 0 Å². The molecule has 0 heterocycles. The van der Waals surface area contributed by atoms with E-state index in [1.807, 2.05) is 11.4 Å². The lowest BCUT2D eigenvalue weighted by molar-refractivity contribution is -0.147. The fraction of sp³-hybridized carbons (Fsp3) is 0.478. The lowest BCUT2D eigenvalue weighted by Gasteiger charge is -2.26. The number of aliphatic carboxylic acids is 3. The largest absolute Gasteiger partial charge is 0.481 e. The van der Waals surface area contributed by atoms with Crippen LogP contribution in [-0.2, 0) is 35.2 Å². The second kappa shape index (κ2) is 14.4. The monoisotopic (exact) mass is 508 g/mol. The highest BCUT2D eigenvalue weighted by molar-refractivity contribution is 5.95. The second-order valence-electron chi connectivity index (χ2n) is 8.52. The van der Waals surface area contributed by atoms with Gasteiger partial charge in [0.2, 0.25) is 17.7 Å². The van der Waals surface area contributed by atoms with E-state index in [1.165, 1.54) is 0 Å². The third-order valence-corrected chi connectivity index (χ3v) is 5.16. The second-order valence-corrected chi connectivity index (χ2v) is 8.52. The summed E-state index contributed by atoms with van der Waals surface area (Å²) in [6, 6.07) is 3.56. The molecule has 13 heteroatoms. The molecule has 0 spiro atoms. The molecule has 8 N–H and O–H groups in total. The normalized spacial score (nSPS) is 14.1. The summed E-state index contributed by atoms with van der Waals surface area (Å²) in [6.45, 7) is 3.26. The topological polar surface area (TPSA) is 225 Å². The van der Waals surface area contributed by atoms with Crippen molar-refractivity contribution in [2.75, 3.05) is 0 Å². The highest BCUT2D eigenvalue weighted by atomic mass is 16.4. The Balaban J connectivity index is 2.96. The van der Waals surface area contributed by atoms with Crippen LogP contribution in [-0.4, -0.2) is 75.1 Å². The number of benzene rings is 1. The average Bonchev–Trinajstić information content (AvgIpc) is 2.79. The molecular formula is C23H32N4O9. The van der Waals surface area contributed by atoms with Crippen molar-refractivity contribution in [2.45, 2.75) is 63.7 Å². The Morgan fingerprint density at radius 1 is 0.806 bits per heavy atom. The number of hydrogen-bond donors (Lipinski definition) is 7. The zero-order valence-corrected chi connectivity index (χ0v) is 20.0. The molecule has 0 saturated heterocycles. The molecule has 1 aromatic carbocycles. The molecule has 1 rings (SSSR count). The van der Waals surface area contributed by atoms with Gasteiger partial charge in [0.05, 0.1) is 12.5 Å². The van der Waals surface area contributed by atoms with Gasteiger partial charge in [-0.2, -0.15) is 0 Å². The molecule has 0 radical (unpaired) electrons. The number of carbonyl (C=O) groups is 6. The van der Waals surface area contributed by atoms with Crippen molar-refractivity contribution in [3.63, 3.8) is 0 Å². The molecule has 0 saturated carbocycles. The van der Waals surface area contributed by atoms with E-state index in [-0.39, 0.29) is 6.42 Å². The Kier molecular flexibility index (Phi) is 12.0. The van der Waals surface area contributed by atoms with E-state index >= 15 is 0 Å². The van der Waals surface area contributed by atoms with Gasteiger partial charge >= 0.3 is 17.9 Å². The van der Waals surface area contributed by atoms with Crippen molar-refractivity contribution in [3.8, 4) is 0 Å². The summed E-state index contributed by atoms with van der Waals surface area (Å²) in [4.78, 5) is 71.4. The number of hydrogen-bond acceptors (Lipinski definition) is 7. The summed E-state index contributed by atoms with van der Waals surface area (Å²) in [7, 11) is 0. The van der Waals surface area contributed by atoms with Crippen molar-refractivity contribution in [1.82, 2.24) is 16.0 Å². The van der Waals surface area contributed by atoms with Crippen LogP contribution in [0.25, 0.3) is 0 Å². The minimum atomic E-state index is -1.80. The molecule has 0 fully saturated rings. The molecule has 0 aliphatic carbocycles. The Bertz CT molecular complexity index is 952. The molecule has 198 valence electrons. The van der Waals surface area contributed by atoms with Crippen LogP contribution in [0.5, 0.6) is 0 Å². The van der Waals surface area contributed by atoms with Gasteiger partial charge in [0.15, 0.2) is 0 Å². The number of carbonyl (C=O) groups excluding carboxylic acids is 3. The average molecular weight is 509 g/mol. The summed E-state index contributed by atoms with van der Waals surface area (Å²) in [5.74, 6) is -7.35. The minimum absolute atomic E-state index is 0.211. The fourth-order valence-electron chi connectivity index (χ4n) is 3.20. The van der Waals surface area contributed by atoms with E-state index in [9.17, 15) is 28.8 Å². The van der Waals surface area contributed by atoms with E-state index in [2.05, 4.69) is 10.6 Å². The third-order valence-electron chi connectivity index (χ3n) is 5.16. The van der Waals surface area contributed by atoms with E-state index < -0.39 is 85.0 Å². The molecule has 36 heavy (non-hydrogen) atoms. The summed E-state index contributed by atoms with van der Waals surface area (Å²) in [6.07, 6.45) is -1.66. The lowest BCUT2D eigenvalue weighted by Crippen LogP contribution is -2.58. The smallest absolute Gasteiger partial charge is 0.326 e. The lowest BCUT2D eigenvalue weighted by atomic mass is 10.0. The first-order chi connectivity index (χ1) is 16.8. The highest BCUT2D eigenvalue weighted by Crippen LogP contribution is 2.08. The number of amides is 3. The van der Waals surface area contributed by atoms with Crippen LogP contribution in [0.15, 0.2) is 30.3 Å². The maximum Gasteiger partial charge on any atom is 0.326 e. The molecule has 0 bridgehead atoms.